The standard InChI is InChI=1S/C24H35N3O4.HI/c1-5-25-24(27-17-20-10-11-22(28-3)23(15-20)29-4)26-16-19-8-7-9-21(14-19)18-31-13-12-30-6-2;/h7-11,14-15H,5-6,12-13,16-18H2,1-4H3,(H2,25,26,27);1H. The van der Waals surface area contributed by atoms with Crippen LogP contribution in [0.25, 0.3) is 0 Å². The number of benzene rings is 2. The Bertz CT molecular complexity index is 818. The predicted molar refractivity (Wildman–Crippen MR) is 139 cm³/mol. The van der Waals surface area contributed by atoms with Crippen molar-refractivity contribution in [1.29, 1.82) is 0 Å². The van der Waals surface area contributed by atoms with Crippen LogP contribution in [0.3, 0.4) is 0 Å². The van der Waals surface area contributed by atoms with Gasteiger partial charge in [0.05, 0.1) is 40.6 Å². The molecule has 0 unspecified atom stereocenters. The van der Waals surface area contributed by atoms with E-state index in [2.05, 4.69) is 28.8 Å². The first-order chi connectivity index (χ1) is 15.2. The lowest BCUT2D eigenvalue weighted by Gasteiger charge is -2.13. The van der Waals surface area contributed by atoms with E-state index in [4.69, 9.17) is 23.9 Å². The Morgan fingerprint density at radius 1 is 0.844 bits per heavy atom. The Balaban J connectivity index is 0.00000512. The summed E-state index contributed by atoms with van der Waals surface area (Å²) in [6, 6.07) is 14.2. The predicted octanol–water partition coefficient (Wildman–Crippen LogP) is 4.13. The summed E-state index contributed by atoms with van der Waals surface area (Å²) in [5.41, 5.74) is 3.34. The monoisotopic (exact) mass is 557 g/mol. The Labute approximate surface area is 208 Å². The zero-order valence-corrected chi connectivity index (χ0v) is 21.8. The number of halogens is 1. The van der Waals surface area contributed by atoms with Gasteiger partial charge in [-0.2, -0.15) is 0 Å². The second-order valence-electron chi connectivity index (χ2n) is 6.81. The van der Waals surface area contributed by atoms with Crippen LogP contribution in [0.2, 0.25) is 0 Å². The van der Waals surface area contributed by atoms with E-state index in [0.29, 0.717) is 51.0 Å². The highest BCUT2D eigenvalue weighted by atomic mass is 127. The summed E-state index contributed by atoms with van der Waals surface area (Å²) in [6.45, 7) is 8.52. The molecule has 0 fully saturated rings. The van der Waals surface area contributed by atoms with Crippen LogP contribution in [0, 0.1) is 0 Å². The molecule has 0 aliphatic carbocycles. The molecular weight excluding hydrogens is 521 g/mol. The Kier molecular flexibility index (Phi) is 14.5. The molecule has 0 aromatic heterocycles. The number of methoxy groups -OCH3 is 2. The third-order valence-electron chi connectivity index (χ3n) is 4.51. The van der Waals surface area contributed by atoms with E-state index in [-0.39, 0.29) is 24.0 Å². The highest BCUT2D eigenvalue weighted by Gasteiger charge is 2.05. The van der Waals surface area contributed by atoms with Gasteiger partial charge in [0, 0.05) is 19.7 Å². The number of hydrogen-bond acceptors (Lipinski definition) is 5. The van der Waals surface area contributed by atoms with Crippen LogP contribution in [-0.4, -0.2) is 46.5 Å². The zero-order valence-electron chi connectivity index (χ0n) is 19.5. The molecule has 0 bridgehead atoms. The van der Waals surface area contributed by atoms with Crippen molar-refractivity contribution >= 4 is 29.9 Å². The summed E-state index contributed by atoms with van der Waals surface area (Å²) in [5.74, 6) is 2.19. The molecule has 0 heterocycles. The normalized spacial score (nSPS) is 10.9. The van der Waals surface area contributed by atoms with E-state index in [9.17, 15) is 0 Å². The van der Waals surface area contributed by atoms with Crippen molar-refractivity contribution in [1.82, 2.24) is 10.6 Å². The van der Waals surface area contributed by atoms with Crippen molar-refractivity contribution in [2.24, 2.45) is 4.99 Å². The number of nitrogens with zero attached hydrogens (tertiary/aromatic N) is 1. The maximum atomic E-state index is 5.66. The topological polar surface area (TPSA) is 73.3 Å². The van der Waals surface area contributed by atoms with Gasteiger partial charge in [-0.1, -0.05) is 30.3 Å². The number of rotatable bonds is 13. The van der Waals surface area contributed by atoms with Gasteiger partial charge in [0.1, 0.15) is 0 Å². The molecule has 0 spiro atoms. The lowest BCUT2D eigenvalue weighted by molar-refractivity contribution is 0.0453. The average Bonchev–Trinajstić information content (AvgIpc) is 2.80. The van der Waals surface area contributed by atoms with Gasteiger partial charge >= 0.3 is 0 Å². The van der Waals surface area contributed by atoms with Crippen LogP contribution < -0.4 is 20.1 Å². The van der Waals surface area contributed by atoms with Crippen molar-refractivity contribution in [3.05, 3.63) is 59.2 Å². The molecule has 2 N–H and O–H groups in total. The van der Waals surface area contributed by atoms with Crippen molar-refractivity contribution in [2.75, 3.05) is 40.6 Å². The molecule has 8 heteroatoms. The minimum absolute atomic E-state index is 0. The first kappa shape index (κ1) is 28.0. The lowest BCUT2D eigenvalue weighted by Crippen LogP contribution is -2.36. The Hall–Kier alpha value is -2.04. The maximum absolute atomic E-state index is 5.66. The molecule has 0 saturated heterocycles. The van der Waals surface area contributed by atoms with E-state index in [1.165, 1.54) is 0 Å². The molecule has 0 radical (unpaired) electrons. The summed E-state index contributed by atoms with van der Waals surface area (Å²) in [4.78, 5) is 4.71. The summed E-state index contributed by atoms with van der Waals surface area (Å²) in [7, 11) is 3.27. The van der Waals surface area contributed by atoms with Gasteiger partial charge in [-0.05, 0) is 42.7 Å². The molecule has 2 aromatic rings. The summed E-state index contributed by atoms with van der Waals surface area (Å²) >= 11 is 0. The van der Waals surface area contributed by atoms with Crippen molar-refractivity contribution in [3.8, 4) is 11.5 Å². The van der Waals surface area contributed by atoms with E-state index in [1.807, 2.05) is 38.1 Å². The fourth-order valence-electron chi connectivity index (χ4n) is 2.96. The molecule has 0 atom stereocenters. The molecule has 0 saturated carbocycles. The van der Waals surface area contributed by atoms with Crippen molar-refractivity contribution in [2.45, 2.75) is 33.5 Å². The summed E-state index contributed by atoms with van der Waals surface area (Å²) < 4.78 is 21.6. The van der Waals surface area contributed by atoms with Gasteiger partial charge < -0.3 is 29.6 Å². The highest BCUT2D eigenvalue weighted by molar-refractivity contribution is 14.0. The molecule has 2 rings (SSSR count). The minimum atomic E-state index is 0. The first-order valence-electron chi connectivity index (χ1n) is 10.7. The molecule has 7 nitrogen and oxygen atoms in total. The van der Waals surface area contributed by atoms with Crippen LogP contribution in [0.4, 0.5) is 0 Å². The third-order valence-corrected chi connectivity index (χ3v) is 4.51. The Morgan fingerprint density at radius 2 is 1.59 bits per heavy atom. The maximum Gasteiger partial charge on any atom is 0.191 e. The van der Waals surface area contributed by atoms with Gasteiger partial charge in [0.25, 0.3) is 0 Å². The molecule has 178 valence electrons. The SMILES string of the molecule is CCNC(=NCc1cccc(COCCOCC)c1)NCc1ccc(OC)c(OC)c1.I. The van der Waals surface area contributed by atoms with Gasteiger partial charge in [0.15, 0.2) is 17.5 Å². The van der Waals surface area contributed by atoms with E-state index >= 15 is 0 Å². The quantitative estimate of drug-likeness (QED) is 0.167. The lowest BCUT2D eigenvalue weighted by atomic mass is 10.1. The van der Waals surface area contributed by atoms with Gasteiger partial charge in [-0.15, -0.1) is 24.0 Å². The van der Waals surface area contributed by atoms with E-state index in [0.717, 1.165) is 29.2 Å². The average molecular weight is 557 g/mol. The van der Waals surface area contributed by atoms with Crippen LogP contribution in [0.15, 0.2) is 47.5 Å². The van der Waals surface area contributed by atoms with Crippen LogP contribution >= 0.6 is 24.0 Å². The highest BCUT2D eigenvalue weighted by Crippen LogP contribution is 2.27. The summed E-state index contributed by atoms with van der Waals surface area (Å²) in [6.07, 6.45) is 0. The fourth-order valence-corrected chi connectivity index (χ4v) is 2.96. The van der Waals surface area contributed by atoms with Crippen LogP contribution in [-0.2, 0) is 29.2 Å². The second kappa shape index (κ2) is 16.6. The third kappa shape index (κ3) is 10.1. The van der Waals surface area contributed by atoms with E-state index < -0.39 is 0 Å². The second-order valence-corrected chi connectivity index (χ2v) is 6.81. The fraction of sp³-hybridized carbons (Fsp3) is 0.458. The molecule has 32 heavy (non-hydrogen) atoms. The largest absolute Gasteiger partial charge is 0.493 e. The van der Waals surface area contributed by atoms with Crippen molar-refractivity contribution < 1.29 is 18.9 Å². The number of guanidine groups is 1. The van der Waals surface area contributed by atoms with Gasteiger partial charge in [0.2, 0.25) is 0 Å². The number of aliphatic imine (C=N–C) groups is 1. The van der Waals surface area contributed by atoms with Gasteiger partial charge in [-0.25, -0.2) is 4.99 Å². The number of nitrogens with one attached hydrogen (secondary N) is 2. The zero-order chi connectivity index (χ0) is 22.3. The number of hydrogen-bond donors (Lipinski definition) is 2. The van der Waals surface area contributed by atoms with E-state index in [1.54, 1.807) is 14.2 Å². The van der Waals surface area contributed by atoms with Crippen LogP contribution in [0.1, 0.15) is 30.5 Å². The molecular formula is C24H36IN3O4. The minimum Gasteiger partial charge on any atom is -0.493 e. The molecule has 0 amide bonds. The molecule has 0 aliphatic rings. The summed E-state index contributed by atoms with van der Waals surface area (Å²) in [5, 5.41) is 6.66. The van der Waals surface area contributed by atoms with Crippen LogP contribution in [0.5, 0.6) is 11.5 Å². The first-order valence-corrected chi connectivity index (χ1v) is 10.7. The van der Waals surface area contributed by atoms with Crippen molar-refractivity contribution in [3.63, 3.8) is 0 Å². The Morgan fingerprint density at radius 3 is 2.31 bits per heavy atom. The molecule has 0 aliphatic heterocycles. The van der Waals surface area contributed by atoms with Gasteiger partial charge in [-0.3, -0.25) is 0 Å². The smallest absolute Gasteiger partial charge is 0.191 e. The molecule has 2 aromatic carbocycles. The number of ether oxygens (including phenoxy) is 4.